The van der Waals surface area contributed by atoms with Crippen molar-refractivity contribution >= 4 is 0 Å². The number of halogens is 3. The molecule has 0 bridgehead atoms. The van der Waals surface area contributed by atoms with E-state index in [9.17, 15) is 13.2 Å². The Morgan fingerprint density at radius 2 is 2.04 bits per heavy atom. The zero-order valence-corrected chi connectivity index (χ0v) is 13.2. The zero-order chi connectivity index (χ0) is 16.6. The normalized spacial score (nSPS) is 22.3. The van der Waals surface area contributed by atoms with Crippen LogP contribution in [0.15, 0.2) is 24.4 Å². The van der Waals surface area contributed by atoms with Crippen molar-refractivity contribution in [2.24, 2.45) is 0 Å². The zero-order valence-electron chi connectivity index (χ0n) is 13.2. The SMILES string of the molecule is Cc1cc(-c2cnc(C3CCNC(C)C3)[nH]2)ccc1C(F)(F)F. The largest absolute Gasteiger partial charge is 0.416 e. The summed E-state index contributed by atoms with van der Waals surface area (Å²) in [6.07, 6.45) is -0.570. The Morgan fingerprint density at radius 3 is 2.70 bits per heavy atom. The predicted octanol–water partition coefficient (Wildman–Crippen LogP) is 4.26. The van der Waals surface area contributed by atoms with Gasteiger partial charge in [-0.15, -0.1) is 0 Å². The summed E-state index contributed by atoms with van der Waals surface area (Å²) in [5.74, 6) is 1.29. The molecule has 0 amide bonds. The van der Waals surface area contributed by atoms with E-state index >= 15 is 0 Å². The molecule has 23 heavy (non-hydrogen) atoms. The van der Waals surface area contributed by atoms with Gasteiger partial charge in [0.1, 0.15) is 5.82 Å². The number of aromatic amines is 1. The number of imidazole rings is 1. The fraction of sp³-hybridized carbons (Fsp3) is 0.471. The third-order valence-electron chi connectivity index (χ3n) is 4.45. The first-order valence-electron chi connectivity index (χ1n) is 7.81. The van der Waals surface area contributed by atoms with Crippen LogP contribution >= 0.6 is 0 Å². The lowest BCUT2D eigenvalue weighted by molar-refractivity contribution is -0.138. The van der Waals surface area contributed by atoms with Gasteiger partial charge >= 0.3 is 6.18 Å². The number of rotatable bonds is 2. The van der Waals surface area contributed by atoms with Crippen LogP contribution in [0.2, 0.25) is 0 Å². The lowest BCUT2D eigenvalue weighted by Crippen LogP contribution is -2.35. The van der Waals surface area contributed by atoms with Crippen LogP contribution in [0.3, 0.4) is 0 Å². The van der Waals surface area contributed by atoms with Gasteiger partial charge in [0.2, 0.25) is 0 Å². The average Bonchev–Trinajstić information content (AvgIpc) is 2.95. The van der Waals surface area contributed by atoms with Crippen molar-refractivity contribution < 1.29 is 13.2 Å². The number of nitrogens with zero attached hydrogens (tertiary/aromatic N) is 1. The molecule has 1 aliphatic rings. The van der Waals surface area contributed by atoms with E-state index in [0.717, 1.165) is 42.5 Å². The molecule has 1 aliphatic heterocycles. The van der Waals surface area contributed by atoms with E-state index in [1.165, 1.54) is 13.0 Å². The van der Waals surface area contributed by atoms with Crippen molar-refractivity contribution in [1.82, 2.24) is 15.3 Å². The maximum absolute atomic E-state index is 12.8. The minimum atomic E-state index is -4.31. The second-order valence-electron chi connectivity index (χ2n) is 6.29. The topological polar surface area (TPSA) is 40.7 Å². The van der Waals surface area contributed by atoms with Crippen LogP contribution in [0.1, 0.15) is 42.6 Å². The van der Waals surface area contributed by atoms with Crippen LogP contribution in [0.4, 0.5) is 13.2 Å². The van der Waals surface area contributed by atoms with Crippen molar-refractivity contribution in [3.8, 4) is 11.3 Å². The lowest BCUT2D eigenvalue weighted by Gasteiger charge is -2.26. The summed E-state index contributed by atoms with van der Waals surface area (Å²) in [4.78, 5) is 7.73. The van der Waals surface area contributed by atoms with Gasteiger partial charge in [0, 0.05) is 12.0 Å². The summed E-state index contributed by atoms with van der Waals surface area (Å²) in [6.45, 7) is 4.59. The molecule has 2 N–H and O–H groups in total. The van der Waals surface area contributed by atoms with E-state index in [4.69, 9.17) is 0 Å². The number of alkyl halides is 3. The molecular weight excluding hydrogens is 303 g/mol. The molecule has 2 aromatic rings. The standard InChI is InChI=1S/C17H20F3N3/c1-10-7-12(3-4-14(10)17(18,19)20)15-9-22-16(23-15)13-5-6-21-11(2)8-13/h3-4,7,9,11,13,21H,5-6,8H2,1-2H3,(H,22,23). The highest BCUT2D eigenvalue weighted by Crippen LogP contribution is 2.34. The van der Waals surface area contributed by atoms with Crippen LogP contribution in [0.25, 0.3) is 11.3 Å². The monoisotopic (exact) mass is 323 g/mol. The van der Waals surface area contributed by atoms with Crippen LogP contribution in [0, 0.1) is 6.92 Å². The molecule has 2 unspecified atom stereocenters. The smallest absolute Gasteiger partial charge is 0.342 e. The summed E-state index contributed by atoms with van der Waals surface area (Å²) in [7, 11) is 0. The van der Waals surface area contributed by atoms with E-state index in [2.05, 4.69) is 22.2 Å². The van der Waals surface area contributed by atoms with Crippen LogP contribution in [-0.2, 0) is 6.18 Å². The molecule has 3 rings (SSSR count). The third-order valence-corrected chi connectivity index (χ3v) is 4.45. The fourth-order valence-corrected chi connectivity index (χ4v) is 3.22. The van der Waals surface area contributed by atoms with Crippen molar-refractivity contribution in [2.75, 3.05) is 6.54 Å². The molecule has 3 nitrogen and oxygen atoms in total. The van der Waals surface area contributed by atoms with Gasteiger partial charge in [0.15, 0.2) is 0 Å². The Bertz CT molecular complexity index is 691. The molecule has 1 aromatic heterocycles. The minimum absolute atomic E-state index is 0.224. The number of aromatic nitrogens is 2. The van der Waals surface area contributed by atoms with Gasteiger partial charge in [-0.25, -0.2) is 4.98 Å². The Balaban J connectivity index is 1.84. The molecule has 1 fully saturated rings. The molecule has 6 heteroatoms. The maximum Gasteiger partial charge on any atom is 0.416 e. The molecule has 0 aliphatic carbocycles. The highest BCUT2D eigenvalue weighted by atomic mass is 19.4. The number of hydrogen-bond donors (Lipinski definition) is 2. The molecule has 2 heterocycles. The second-order valence-corrected chi connectivity index (χ2v) is 6.29. The average molecular weight is 323 g/mol. The number of nitrogens with one attached hydrogen (secondary N) is 2. The molecule has 1 saturated heterocycles. The van der Waals surface area contributed by atoms with Gasteiger partial charge < -0.3 is 10.3 Å². The number of aryl methyl sites for hydroxylation is 1. The van der Waals surface area contributed by atoms with Crippen LogP contribution < -0.4 is 5.32 Å². The first-order valence-corrected chi connectivity index (χ1v) is 7.81. The molecule has 2 atom stereocenters. The quantitative estimate of drug-likeness (QED) is 0.867. The summed E-state index contributed by atoms with van der Waals surface area (Å²) in [6, 6.07) is 4.65. The Morgan fingerprint density at radius 1 is 1.26 bits per heavy atom. The Labute approximate surface area is 133 Å². The molecular formula is C17H20F3N3. The van der Waals surface area contributed by atoms with Crippen molar-refractivity contribution in [3.63, 3.8) is 0 Å². The predicted molar refractivity (Wildman–Crippen MR) is 83.2 cm³/mol. The van der Waals surface area contributed by atoms with E-state index < -0.39 is 11.7 Å². The van der Waals surface area contributed by atoms with Crippen molar-refractivity contribution in [1.29, 1.82) is 0 Å². The summed E-state index contributed by atoms with van der Waals surface area (Å²) in [5, 5.41) is 3.40. The van der Waals surface area contributed by atoms with Crippen LogP contribution in [0.5, 0.6) is 0 Å². The molecule has 0 radical (unpaired) electrons. The van der Waals surface area contributed by atoms with E-state index in [0.29, 0.717) is 12.0 Å². The number of piperidine rings is 1. The summed E-state index contributed by atoms with van der Waals surface area (Å²) < 4.78 is 38.5. The fourth-order valence-electron chi connectivity index (χ4n) is 3.22. The molecule has 1 aromatic carbocycles. The Hall–Kier alpha value is -1.82. The highest BCUT2D eigenvalue weighted by Gasteiger charge is 2.32. The van der Waals surface area contributed by atoms with Crippen molar-refractivity contribution in [3.05, 3.63) is 41.3 Å². The van der Waals surface area contributed by atoms with Gasteiger partial charge in [-0.3, -0.25) is 0 Å². The number of H-pyrrole nitrogens is 1. The lowest BCUT2D eigenvalue weighted by atomic mass is 9.93. The number of hydrogen-bond acceptors (Lipinski definition) is 2. The minimum Gasteiger partial charge on any atom is -0.342 e. The van der Waals surface area contributed by atoms with Crippen molar-refractivity contribution in [2.45, 2.75) is 44.8 Å². The number of benzene rings is 1. The van der Waals surface area contributed by atoms with Gasteiger partial charge in [0.25, 0.3) is 0 Å². The van der Waals surface area contributed by atoms with E-state index in [1.807, 2.05) is 0 Å². The van der Waals surface area contributed by atoms with Gasteiger partial charge in [-0.1, -0.05) is 6.07 Å². The third kappa shape index (κ3) is 3.42. The second kappa shape index (κ2) is 6.00. The van der Waals surface area contributed by atoms with Gasteiger partial charge in [-0.2, -0.15) is 13.2 Å². The van der Waals surface area contributed by atoms with E-state index in [-0.39, 0.29) is 5.56 Å². The van der Waals surface area contributed by atoms with Crippen LogP contribution in [-0.4, -0.2) is 22.6 Å². The summed E-state index contributed by atoms with van der Waals surface area (Å²) >= 11 is 0. The van der Waals surface area contributed by atoms with Gasteiger partial charge in [-0.05, 0) is 56.5 Å². The van der Waals surface area contributed by atoms with E-state index in [1.54, 1.807) is 12.3 Å². The molecule has 0 saturated carbocycles. The molecule has 0 spiro atoms. The summed E-state index contributed by atoms with van der Waals surface area (Å²) in [5.41, 5.74) is 1.13. The highest BCUT2D eigenvalue weighted by molar-refractivity contribution is 5.60. The maximum atomic E-state index is 12.8. The molecule has 124 valence electrons. The van der Waals surface area contributed by atoms with Gasteiger partial charge in [0.05, 0.1) is 17.5 Å². The Kier molecular flexibility index (Phi) is 4.19. The first kappa shape index (κ1) is 16.1. The first-order chi connectivity index (χ1) is 10.8.